The standard InChI is InChI=1S/C15H22N2O2S2/c1-11-10-13(6-7-14(11)15(16)20)21(18,19)17-9-8-12-4-2-3-5-12/h6-7,10,12,17H,2-5,8-9H2,1H3,(H2,16,20). The fraction of sp³-hybridized carbons (Fsp3) is 0.533. The lowest BCUT2D eigenvalue weighted by molar-refractivity contribution is 0.495. The smallest absolute Gasteiger partial charge is 0.240 e. The van der Waals surface area contributed by atoms with E-state index in [-0.39, 0.29) is 9.88 Å². The molecule has 0 aliphatic heterocycles. The molecular weight excluding hydrogens is 304 g/mol. The third kappa shape index (κ3) is 4.25. The Morgan fingerprint density at radius 3 is 2.62 bits per heavy atom. The van der Waals surface area contributed by atoms with Gasteiger partial charge in [0.1, 0.15) is 4.99 Å². The number of hydrogen-bond donors (Lipinski definition) is 2. The Morgan fingerprint density at radius 2 is 2.05 bits per heavy atom. The van der Waals surface area contributed by atoms with Gasteiger partial charge in [0, 0.05) is 12.1 Å². The van der Waals surface area contributed by atoms with Crippen LogP contribution in [0.4, 0.5) is 0 Å². The van der Waals surface area contributed by atoms with Gasteiger partial charge in [-0.2, -0.15) is 0 Å². The summed E-state index contributed by atoms with van der Waals surface area (Å²) in [6.07, 6.45) is 5.92. The van der Waals surface area contributed by atoms with Crippen molar-refractivity contribution in [2.24, 2.45) is 11.7 Å². The van der Waals surface area contributed by atoms with Gasteiger partial charge in [0.15, 0.2) is 0 Å². The number of nitrogens with two attached hydrogens (primary N) is 1. The number of hydrogen-bond acceptors (Lipinski definition) is 3. The molecule has 2 rings (SSSR count). The Bertz CT molecular complexity index is 621. The van der Waals surface area contributed by atoms with Crippen molar-refractivity contribution in [3.8, 4) is 0 Å². The van der Waals surface area contributed by atoms with Crippen molar-refractivity contribution in [1.29, 1.82) is 0 Å². The first-order chi connectivity index (χ1) is 9.90. The summed E-state index contributed by atoms with van der Waals surface area (Å²) in [5, 5.41) is 0. The molecule has 0 amide bonds. The van der Waals surface area contributed by atoms with E-state index in [2.05, 4.69) is 4.72 Å². The SMILES string of the molecule is Cc1cc(S(=O)(=O)NCCC2CCCC2)ccc1C(N)=S. The molecule has 1 saturated carbocycles. The van der Waals surface area contributed by atoms with Crippen LogP contribution < -0.4 is 10.5 Å². The normalized spacial score (nSPS) is 16.2. The van der Waals surface area contributed by atoms with E-state index in [1.54, 1.807) is 18.2 Å². The number of thiocarbonyl (C=S) groups is 1. The molecule has 21 heavy (non-hydrogen) atoms. The van der Waals surface area contributed by atoms with Gasteiger partial charge in [-0.25, -0.2) is 13.1 Å². The van der Waals surface area contributed by atoms with Gasteiger partial charge in [-0.15, -0.1) is 0 Å². The molecule has 0 heterocycles. The third-order valence-corrected chi connectivity index (χ3v) is 5.77. The summed E-state index contributed by atoms with van der Waals surface area (Å²) >= 11 is 4.93. The van der Waals surface area contributed by atoms with Crippen LogP contribution in [-0.2, 0) is 10.0 Å². The van der Waals surface area contributed by atoms with Crippen LogP contribution in [0.15, 0.2) is 23.1 Å². The molecule has 0 unspecified atom stereocenters. The molecule has 0 radical (unpaired) electrons. The Kier molecular flexibility index (Phi) is 5.35. The lowest BCUT2D eigenvalue weighted by Gasteiger charge is -2.12. The fourth-order valence-corrected chi connectivity index (χ4v) is 4.22. The minimum atomic E-state index is -3.45. The van der Waals surface area contributed by atoms with E-state index in [0.29, 0.717) is 12.5 Å². The van der Waals surface area contributed by atoms with Gasteiger partial charge in [0.2, 0.25) is 10.0 Å². The van der Waals surface area contributed by atoms with E-state index in [1.165, 1.54) is 25.7 Å². The Balaban J connectivity index is 2.01. The highest BCUT2D eigenvalue weighted by atomic mass is 32.2. The van der Waals surface area contributed by atoms with Crippen LogP contribution in [0.25, 0.3) is 0 Å². The molecule has 116 valence electrons. The molecule has 3 N–H and O–H groups in total. The van der Waals surface area contributed by atoms with Crippen molar-refractivity contribution in [2.45, 2.75) is 43.9 Å². The molecule has 1 fully saturated rings. The monoisotopic (exact) mass is 326 g/mol. The number of benzene rings is 1. The summed E-state index contributed by atoms with van der Waals surface area (Å²) in [7, 11) is -3.45. The molecule has 1 aliphatic rings. The van der Waals surface area contributed by atoms with Gasteiger partial charge in [-0.1, -0.05) is 44.0 Å². The molecule has 0 spiro atoms. The van der Waals surface area contributed by atoms with E-state index in [4.69, 9.17) is 18.0 Å². The van der Waals surface area contributed by atoms with Crippen molar-refractivity contribution in [3.63, 3.8) is 0 Å². The summed E-state index contributed by atoms with van der Waals surface area (Å²) in [6, 6.07) is 4.84. The molecule has 0 aromatic heterocycles. The zero-order valence-corrected chi connectivity index (χ0v) is 13.9. The Labute approximate surface area is 132 Å². The van der Waals surface area contributed by atoms with E-state index < -0.39 is 10.0 Å². The van der Waals surface area contributed by atoms with Gasteiger partial charge in [-0.05, 0) is 37.0 Å². The van der Waals surface area contributed by atoms with Gasteiger partial charge >= 0.3 is 0 Å². The summed E-state index contributed by atoms with van der Waals surface area (Å²) in [4.78, 5) is 0.553. The van der Waals surface area contributed by atoms with Crippen LogP contribution in [0.2, 0.25) is 0 Å². The lowest BCUT2D eigenvalue weighted by Crippen LogP contribution is -2.26. The second-order valence-electron chi connectivity index (χ2n) is 5.68. The van der Waals surface area contributed by atoms with Crippen LogP contribution >= 0.6 is 12.2 Å². The first kappa shape index (κ1) is 16.4. The second-order valence-corrected chi connectivity index (χ2v) is 7.88. The van der Waals surface area contributed by atoms with Gasteiger partial charge < -0.3 is 5.73 Å². The summed E-state index contributed by atoms with van der Waals surface area (Å²) in [6.45, 7) is 2.31. The zero-order valence-electron chi connectivity index (χ0n) is 12.3. The molecule has 4 nitrogen and oxygen atoms in total. The molecule has 0 saturated heterocycles. The minimum Gasteiger partial charge on any atom is -0.389 e. The third-order valence-electron chi connectivity index (χ3n) is 4.09. The number of sulfonamides is 1. The molecule has 1 aromatic carbocycles. The molecule has 1 aromatic rings. The highest BCUT2D eigenvalue weighted by Crippen LogP contribution is 2.27. The van der Waals surface area contributed by atoms with E-state index in [0.717, 1.165) is 17.5 Å². The van der Waals surface area contributed by atoms with Crippen LogP contribution in [0, 0.1) is 12.8 Å². The van der Waals surface area contributed by atoms with Crippen LogP contribution in [0.5, 0.6) is 0 Å². The highest BCUT2D eigenvalue weighted by molar-refractivity contribution is 7.89. The fourth-order valence-electron chi connectivity index (χ4n) is 2.86. The van der Waals surface area contributed by atoms with Crippen molar-refractivity contribution in [3.05, 3.63) is 29.3 Å². The topological polar surface area (TPSA) is 72.2 Å². The summed E-state index contributed by atoms with van der Waals surface area (Å²) in [5.74, 6) is 0.673. The zero-order chi connectivity index (χ0) is 15.5. The predicted molar refractivity (Wildman–Crippen MR) is 88.8 cm³/mol. The summed E-state index contributed by atoms with van der Waals surface area (Å²) in [5.41, 5.74) is 7.09. The van der Waals surface area contributed by atoms with Crippen molar-refractivity contribution in [1.82, 2.24) is 4.72 Å². The van der Waals surface area contributed by atoms with Crippen molar-refractivity contribution < 1.29 is 8.42 Å². The predicted octanol–water partition coefficient (Wildman–Crippen LogP) is 2.49. The Hall–Kier alpha value is -0.980. The maximum atomic E-state index is 12.3. The van der Waals surface area contributed by atoms with Crippen LogP contribution in [0.1, 0.15) is 43.2 Å². The Morgan fingerprint density at radius 1 is 1.38 bits per heavy atom. The largest absolute Gasteiger partial charge is 0.389 e. The number of nitrogens with one attached hydrogen (secondary N) is 1. The van der Waals surface area contributed by atoms with Gasteiger partial charge in [0.25, 0.3) is 0 Å². The molecular formula is C15H22N2O2S2. The maximum Gasteiger partial charge on any atom is 0.240 e. The lowest BCUT2D eigenvalue weighted by atomic mass is 10.1. The first-order valence-electron chi connectivity index (χ1n) is 7.30. The van der Waals surface area contributed by atoms with E-state index in [9.17, 15) is 8.42 Å². The average molecular weight is 326 g/mol. The second kappa shape index (κ2) is 6.85. The molecule has 6 heteroatoms. The molecule has 0 bridgehead atoms. The van der Waals surface area contributed by atoms with Gasteiger partial charge in [0.05, 0.1) is 4.90 Å². The van der Waals surface area contributed by atoms with Gasteiger partial charge in [-0.3, -0.25) is 0 Å². The van der Waals surface area contributed by atoms with Crippen LogP contribution in [0.3, 0.4) is 0 Å². The van der Waals surface area contributed by atoms with Crippen LogP contribution in [-0.4, -0.2) is 20.0 Å². The minimum absolute atomic E-state index is 0.270. The molecule has 1 aliphatic carbocycles. The molecule has 0 atom stereocenters. The van der Waals surface area contributed by atoms with Crippen molar-refractivity contribution in [2.75, 3.05) is 6.54 Å². The number of rotatable bonds is 6. The summed E-state index contributed by atoms with van der Waals surface area (Å²) < 4.78 is 27.2. The van der Waals surface area contributed by atoms with Crippen molar-refractivity contribution >= 4 is 27.2 Å². The van der Waals surface area contributed by atoms with E-state index >= 15 is 0 Å². The quantitative estimate of drug-likeness (QED) is 0.788. The first-order valence-corrected chi connectivity index (χ1v) is 9.19. The average Bonchev–Trinajstić information content (AvgIpc) is 2.91. The van der Waals surface area contributed by atoms with E-state index in [1.807, 2.05) is 6.92 Å². The number of aryl methyl sites for hydroxylation is 1. The maximum absolute atomic E-state index is 12.3. The highest BCUT2D eigenvalue weighted by Gasteiger charge is 2.18.